The highest BCUT2D eigenvalue weighted by atomic mass is 16.6. The molecule has 1 aromatic carbocycles. The van der Waals surface area contributed by atoms with Crippen LogP contribution in [-0.4, -0.2) is 40.8 Å². The van der Waals surface area contributed by atoms with E-state index < -0.39 is 11.7 Å². The van der Waals surface area contributed by atoms with Crippen LogP contribution in [0.5, 0.6) is 0 Å². The van der Waals surface area contributed by atoms with Gasteiger partial charge in [0.1, 0.15) is 5.60 Å². The van der Waals surface area contributed by atoms with Gasteiger partial charge in [-0.25, -0.2) is 9.78 Å². The molecule has 0 radical (unpaired) electrons. The number of hydrogen-bond acceptors (Lipinski definition) is 5. The molecule has 138 valence electrons. The quantitative estimate of drug-likeness (QED) is 0.882. The Morgan fingerprint density at radius 2 is 2.04 bits per heavy atom. The zero-order chi connectivity index (χ0) is 18.7. The molecule has 1 atom stereocenters. The van der Waals surface area contributed by atoms with Gasteiger partial charge in [-0.15, -0.1) is 0 Å². The molecule has 1 fully saturated rings. The first-order valence-electron chi connectivity index (χ1n) is 8.71. The van der Waals surface area contributed by atoms with Gasteiger partial charge in [-0.1, -0.05) is 30.3 Å². The third-order valence-electron chi connectivity index (χ3n) is 4.01. The second-order valence-corrected chi connectivity index (χ2v) is 7.40. The Morgan fingerprint density at radius 3 is 2.73 bits per heavy atom. The van der Waals surface area contributed by atoms with Gasteiger partial charge in [-0.2, -0.15) is 0 Å². The second kappa shape index (κ2) is 7.19. The largest absolute Gasteiger partial charge is 0.444 e. The highest BCUT2D eigenvalue weighted by molar-refractivity contribution is 5.68. The fourth-order valence-electron chi connectivity index (χ4n) is 2.90. The van der Waals surface area contributed by atoms with Crippen LogP contribution in [0.15, 0.2) is 41.2 Å². The van der Waals surface area contributed by atoms with Crippen LogP contribution in [0.1, 0.15) is 27.2 Å². The number of hydrogen-bond donors (Lipinski definition) is 2. The van der Waals surface area contributed by atoms with Crippen LogP contribution >= 0.6 is 0 Å². The molecule has 0 bridgehead atoms. The predicted octanol–water partition coefficient (Wildman–Crippen LogP) is 2.54. The maximum Gasteiger partial charge on any atom is 0.407 e. The minimum absolute atomic E-state index is 0.0458. The van der Waals surface area contributed by atoms with E-state index in [2.05, 4.69) is 15.3 Å². The number of nitrogens with one attached hydrogen (secondary N) is 2. The van der Waals surface area contributed by atoms with E-state index >= 15 is 0 Å². The van der Waals surface area contributed by atoms with Gasteiger partial charge in [0, 0.05) is 24.7 Å². The Kier molecular flexibility index (Phi) is 4.97. The maximum atomic E-state index is 12.0. The van der Waals surface area contributed by atoms with Crippen molar-refractivity contribution < 1.29 is 9.53 Å². The lowest BCUT2D eigenvalue weighted by Crippen LogP contribution is -2.40. The number of amides is 1. The molecule has 1 amide bonds. The van der Waals surface area contributed by atoms with E-state index in [1.54, 1.807) is 0 Å². The van der Waals surface area contributed by atoms with E-state index in [0.29, 0.717) is 24.7 Å². The van der Waals surface area contributed by atoms with E-state index in [1.165, 1.54) is 6.07 Å². The van der Waals surface area contributed by atoms with Crippen molar-refractivity contribution >= 4 is 12.0 Å². The Hall–Kier alpha value is -2.83. The van der Waals surface area contributed by atoms with Gasteiger partial charge >= 0.3 is 6.09 Å². The molecule has 3 rings (SSSR count). The van der Waals surface area contributed by atoms with Crippen LogP contribution in [0, 0.1) is 0 Å². The lowest BCUT2D eigenvalue weighted by Gasteiger charge is -2.22. The third kappa shape index (κ3) is 4.62. The number of rotatable bonds is 3. The van der Waals surface area contributed by atoms with Gasteiger partial charge in [-0.3, -0.25) is 9.78 Å². The van der Waals surface area contributed by atoms with Crippen LogP contribution in [0.4, 0.5) is 10.7 Å². The van der Waals surface area contributed by atoms with E-state index in [4.69, 9.17) is 4.74 Å². The molecule has 26 heavy (non-hydrogen) atoms. The maximum absolute atomic E-state index is 12.0. The number of carbonyl (C=O) groups excluding carboxylic acids is 1. The number of alkyl carbamates (subject to hydrolysis) is 1. The van der Waals surface area contributed by atoms with Crippen LogP contribution in [0.2, 0.25) is 0 Å². The zero-order valence-electron chi connectivity index (χ0n) is 15.3. The smallest absolute Gasteiger partial charge is 0.407 e. The summed E-state index contributed by atoms with van der Waals surface area (Å²) in [6, 6.07) is 11.0. The minimum Gasteiger partial charge on any atom is -0.444 e. The number of ether oxygens (including phenoxy) is 1. The average Bonchev–Trinajstić information content (AvgIpc) is 3.01. The van der Waals surface area contributed by atoms with Crippen molar-refractivity contribution in [3.8, 4) is 11.3 Å². The van der Waals surface area contributed by atoms with Crippen molar-refractivity contribution in [3.63, 3.8) is 0 Å². The van der Waals surface area contributed by atoms with Crippen molar-refractivity contribution in [2.45, 2.75) is 38.8 Å². The van der Waals surface area contributed by atoms with Crippen LogP contribution in [0.3, 0.4) is 0 Å². The summed E-state index contributed by atoms with van der Waals surface area (Å²) in [4.78, 5) is 33.3. The number of aromatic nitrogens is 2. The standard InChI is InChI=1S/C19H24N4O3/c1-19(2,3)26-18(25)20-14-9-10-23(12-14)17-21-15(11-16(24)22-17)13-7-5-4-6-8-13/h4-8,11,14H,9-10,12H2,1-3H3,(H,20,25)(H,21,22,24)/t14-/m1/s1. The molecule has 2 heterocycles. The monoisotopic (exact) mass is 356 g/mol. The third-order valence-corrected chi connectivity index (χ3v) is 4.01. The summed E-state index contributed by atoms with van der Waals surface area (Å²) in [7, 11) is 0. The number of H-pyrrole nitrogens is 1. The van der Waals surface area contributed by atoms with Gasteiger partial charge in [0.15, 0.2) is 0 Å². The Bertz CT molecular complexity index is 827. The first kappa shape index (κ1) is 18.0. The molecule has 7 heteroatoms. The normalized spacial score (nSPS) is 17.2. The Balaban J connectivity index is 1.70. The van der Waals surface area contributed by atoms with E-state index in [0.717, 1.165) is 12.0 Å². The molecule has 1 aliphatic rings. The Labute approximate surface area is 152 Å². The molecule has 0 aliphatic carbocycles. The fourth-order valence-corrected chi connectivity index (χ4v) is 2.90. The first-order valence-corrected chi connectivity index (χ1v) is 8.71. The van der Waals surface area contributed by atoms with Crippen molar-refractivity contribution in [1.29, 1.82) is 0 Å². The summed E-state index contributed by atoms with van der Waals surface area (Å²) < 4.78 is 5.29. The van der Waals surface area contributed by atoms with Crippen molar-refractivity contribution in [2.24, 2.45) is 0 Å². The number of carbonyl (C=O) groups is 1. The van der Waals surface area contributed by atoms with Gasteiger partial charge in [0.2, 0.25) is 5.95 Å². The molecule has 1 saturated heterocycles. The molecule has 7 nitrogen and oxygen atoms in total. The van der Waals surface area contributed by atoms with Gasteiger partial charge in [0.25, 0.3) is 5.56 Å². The van der Waals surface area contributed by atoms with Gasteiger partial charge in [-0.05, 0) is 27.2 Å². The number of aromatic amines is 1. The predicted molar refractivity (Wildman–Crippen MR) is 100 cm³/mol. The lowest BCUT2D eigenvalue weighted by molar-refractivity contribution is 0.0509. The first-order chi connectivity index (χ1) is 12.3. The summed E-state index contributed by atoms with van der Waals surface area (Å²) in [5.41, 5.74) is 0.798. The minimum atomic E-state index is -0.529. The SMILES string of the molecule is CC(C)(C)OC(=O)N[C@@H]1CCN(c2nc(-c3ccccc3)cc(=O)[nH]2)C1. The molecular weight excluding hydrogens is 332 g/mol. The summed E-state index contributed by atoms with van der Waals surface area (Å²) in [5, 5.41) is 2.87. The molecule has 2 N–H and O–H groups in total. The summed E-state index contributed by atoms with van der Waals surface area (Å²) in [6.45, 7) is 6.76. The number of benzene rings is 1. The molecule has 2 aromatic rings. The lowest BCUT2D eigenvalue weighted by atomic mass is 10.1. The molecule has 1 aromatic heterocycles. The van der Waals surface area contributed by atoms with Gasteiger partial charge in [0.05, 0.1) is 11.7 Å². The van der Waals surface area contributed by atoms with Crippen LogP contribution in [-0.2, 0) is 4.74 Å². The number of nitrogens with zero attached hydrogens (tertiary/aromatic N) is 2. The van der Waals surface area contributed by atoms with Crippen molar-refractivity contribution in [3.05, 3.63) is 46.8 Å². The number of anilines is 1. The molecular formula is C19H24N4O3. The summed E-state index contributed by atoms with van der Waals surface area (Å²) in [5.74, 6) is 0.518. The fraction of sp³-hybridized carbons (Fsp3) is 0.421. The second-order valence-electron chi connectivity index (χ2n) is 7.40. The van der Waals surface area contributed by atoms with Crippen molar-refractivity contribution in [2.75, 3.05) is 18.0 Å². The molecule has 0 unspecified atom stereocenters. The van der Waals surface area contributed by atoms with Crippen LogP contribution < -0.4 is 15.8 Å². The van der Waals surface area contributed by atoms with E-state index in [9.17, 15) is 9.59 Å². The van der Waals surface area contributed by atoms with E-state index in [1.807, 2.05) is 56.0 Å². The van der Waals surface area contributed by atoms with E-state index in [-0.39, 0.29) is 11.6 Å². The summed E-state index contributed by atoms with van der Waals surface area (Å²) >= 11 is 0. The Morgan fingerprint density at radius 1 is 1.31 bits per heavy atom. The van der Waals surface area contributed by atoms with Gasteiger partial charge < -0.3 is 15.0 Å². The zero-order valence-corrected chi connectivity index (χ0v) is 15.3. The topological polar surface area (TPSA) is 87.3 Å². The molecule has 0 spiro atoms. The molecule has 0 saturated carbocycles. The highest BCUT2D eigenvalue weighted by Crippen LogP contribution is 2.20. The van der Waals surface area contributed by atoms with Crippen molar-refractivity contribution in [1.82, 2.24) is 15.3 Å². The molecule has 1 aliphatic heterocycles. The average molecular weight is 356 g/mol. The van der Waals surface area contributed by atoms with Crippen LogP contribution in [0.25, 0.3) is 11.3 Å². The highest BCUT2D eigenvalue weighted by Gasteiger charge is 2.27. The summed E-state index contributed by atoms with van der Waals surface area (Å²) in [6.07, 6.45) is 0.335.